The molecule has 4 rings (SSSR count). The molecule has 0 amide bonds. The second-order valence-electron chi connectivity index (χ2n) is 6.09. The van der Waals surface area contributed by atoms with E-state index in [1.165, 1.54) is 16.7 Å². The highest BCUT2D eigenvalue weighted by atomic mass is 32.1. The summed E-state index contributed by atoms with van der Waals surface area (Å²) in [6.45, 7) is 0. The highest BCUT2D eigenvalue weighted by molar-refractivity contribution is 7.20. The van der Waals surface area contributed by atoms with Crippen LogP contribution >= 0.6 is 11.3 Å². The van der Waals surface area contributed by atoms with E-state index in [4.69, 9.17) is 4.74 Å². The van der Waals surface area contributed by atoms with Crippen molar-refractivity contribution in [3.63, 3.8) is 0 Å². The summed E-state index contributed by atoms with van der Waals surface area (Å²) in [4.78, 5) is 13.4. The van der Waals surface area contributed by atoms with Crippen molar-refractivity contribution < 1.29 is 13.5 Å². The molecule has 2 heterocycles. The third-order valence-corrected chi connectivity index (χ3v) is 5.46. The summed E-state index contributed by atoms with van der Waals surface area (Å²) in [7, 11) is 1.55. The van der Waals surface area contributed by atoms with Crippen molar-refractivity contribution >= 4 is 32.9 Å². The first-order valence-electron chi connectivity index (χ1n) is 8.47. The van der Waals surface area contributed by atoms with E-state index in [2.05, 4.69) is 11.4 Å². The maximum Gasteiger partial charge on any atom is 0.256 e. The van der Waals surface area contributed by atoms with Crippen LogP contribution in [-0.4, -0.2) is 11.7 Å². The largest absolute Gasteiger partial charge is 0.497 e. The van der Waals surface area contributed by atoms with Gasteiger partial charge in [0.2, 0.25) is 0 Å². The summed E-state index contributed by atoms with van der Waals surface area (Å²) in [5, 5.41) is 13.0. The molecule has 29 heavy (non-hydrogen) atoms. The number of anilines is 2. The summed E-state index contributed by atoms with van der Waals surface area (Å²) in [5.41, 5.74) is 0.727. The Hall–Kier alpha value is -3.70. The molecule has 0 saturated heterocycles. The van der Waals surface area contributed by atoms with Gasteiger partial charge in [0.05, 0.1) is 24.2 Å². The molecule has 0 atom stereocenters. The predicted molar refractivity (Wildman–Crippen MR) is 108 cm³/mol. The third-order valence-electron chi connectivity index (χ3n) is 4.36. The molecule has 1 N–H and O–H groups in total. The van der Waals surface area contributed by atoms with Gasteiger partial charge in [0, 0.05) is 17.5 Å². The number of fused-ring (bicyclic) bond motifs is 1. The van der Waals surface area contributed by atoms with Crippen LogP contribution in [0.5, 0.6) is 5.75 Å². The zero-order valence-electron chi connectivity index (χ0n) is 15.1. The fourth-order valence-electron chi connectivity index (χ4n) is 2.99. The van der Waals surface area contributed by atoms with E-state index in [0.717, 1.165) is 23.5 Å². The fraction of sp³-hybridized carbons (Fsp3) is 0.0476. The summed E-state index contributed by atoms with van der Waals surface area (Å²) >= 11 is 1.11. The van der Waals surface area contributed by atoms with Gasteiger partial charge in [-0.25, -0.2) is 8.78 Å². The van der Waals surface area contributed by atoms with Crippen LogP contribution in [0.25, 0.3) is 15.9 Å². The second-order valence-corrected chi connectivity index (χ2v) is 7.09. The molecule has 144 valence electrons. The van der Waals surface area contributed by atoms with Gasteiger partial charge >= 0.3 is 0 Å². The monoisotopic (exact) mass is 409 g/mol. The van der Waals surface area contributed by atoms with Gasteiger partial charge in [-0.2, -0.15) is 5.26 Å². The number of hydrogen-bond acceptors (Lipinski definition) is 5. The Morgan fingerprint density at radius 3 is 2.52 bits per heavy atom. The zero-order valence-corrected chi connectivity index (χ0v) is 15.9. The van der Waals surface area contributed by atoms with Crippen LogP contribution in [0.15, 0.2) is 59.4 Å². The number of rotatable bonds is 4. The van der Waals surface area contributed by atoms with Gasteiger partial charge in [-0.3, -0.25) is 9.36 Å². The Bertz CT molecular complexity index is 1320. The van der Waals surface area contributed by atoms with Crippen LogP contribution in [0.4, 0.5) is 20.2 Å². The van der Waals surface area contributed by atoms with Crippen molar-refractivity contribution in [3.8, 4) is 17.5 Å². The lowest BCUT2D eigenvalue weighted by atomic mass is 10.2. The fourth-order valence-corrected chi connectivity index (χ4v) is 4.05. The number of methoxy groups -OCH3 is 1. The molecule has 0 bridgehead atoms. The minimum Gasteiger partial charge on any atom is -0.497 e. The number of thiophene rings is 1. The number of nitrogens with one attached hydrogen (secondary N) is 1. The standard InChI is InChI=1S/C21H13F2N3O2S/c1-28-14-5-3-13(4-6-14)26-19(27)9-7-15-20(18(11-24)29-21(15)26)25-17-8-2-12(22)10-16(17)23/h2-10,25H,1H3. The normalized spacial score (nSPS) is 10.7. The lowest BCUT2D eigenvalue weighted by molar-refractivity contribution is 0.415. The number of nitrogens with zero attached hydrogens (tertiary/aromatic N) is 2. The average molecular weight is 409 g/mol. The van der Waals surface area contributed by atoms with Gasteiger partial charge in [0.15, 0.2) is 0 Å². The van der Waals surface area contributed by atoms with Gasteiger partial charge in [0.25, 0.3) is 5.56 Å². The Morgan fingerprint density at radius 1 is 1.10 bits per heavy atom. The molecule has 0 aliphatic carbocycles. The molecule has 0 radical (unpaired) electrons. The van der Waals surface area contributed by atoms with Crippen LogP contribution < -0.4 is 15.6 Å². The molecule has 0 spiro atoms. The number of ether oxygens (including phenoxy) is 1. The van der Waals surface area contributed by atoms with Crippen molar-refractivity contribution in [2.45, 2.75) is 0 Å². The predicted octanol–water partition coefficient (Wildman–Crippen LogP) is 4.95. The van der Waals surface area contributed by atoms with Crippen LogP contribution in [0.3, 0.4) is 0 Å². The molecule has 8 heteroatoms. The average Bonchev–Trinajstić information content (AvgIpc) is 3.07. The molecule has 2 aromatic heterocycles. The Balaban J connectivity index is 1.91. The zero-order chi connectivity index (χ0) is 20.5. The minimum absolute atomic E-state index is 0.0322. The molecule has 2 aromatic carbocycles. The highest BCUT2D eigenvalue weighted by Crippen LogP contribution is 2.38. The molecule has 0 fully saturated rings. The van der Waals surface area contributed by atoms with Crippen molar-refractivity contribution in [2.24, 2.45) is 0 Å². The van der Waals surface area contributed by atoms with E-state index in [-0.39, 0.29) is 16.1 Å². The first kappa shape index (κ1) is 18.7. The first-order valence-corrected chi connectivity index (χ1v) is 9.28. The molecule has 0 unspecified atom stereocenters. The van der Waals surface area contributed by atoms with Crippen molar-refractivity contribution in [3.05, 3.63) is 81.5 Å². The van der Waals surface area contributed by atoms with Gasteiger partial charge in [-0.1, -0.05) is 0 Å². The lowest BCUT2D eigenvalue weighted by Gasteiger charge is -2.10. The maximum atomic E-state index is 14.1. The Morgan fingerprint density at radius 2 is 1.86 bits per heavy atom. The van der Waals surface area contributed by atoms with Crippen LogP contribution in [0.2, 0.25) is 0 Å². The van der Waals surface area contributed by atoms with Crippen molar-refractivity contribution in [1.29, 1.82) is 5.26 Å². The van der Waals surface area contributed by atoms with Crippen LogP contribution in [0.1, 0.15) is 4.88 Å². The maximum absolute atomic E-state index is 14.1. The number of benzene rings is 2. The summed E-state index contributed by atoms with van der Waals surface area (Å²) in [6, 6.07) is 15.1. The lowest BCUT2D eigenvalue weighted by Crippen LogP contribution is -2.16. The number of nitriles is 1. The molecule has 5 nitrogen and oxygen atoms in total. The number of hydrogen-bond donors (Lipinski definition) is 1. The highest BCUT2D eigenvalue weighted by Gasteiger charge is 2.18. The second kappa shape index (κ2) is 7.37. The molecule has 0 aliphatic rings. The SMILES string of the molecule is COc1ccc(-n2c(=O)ccc3c(Nc4ccc(F)cc4F)c(C#N)sc32)cc1. The quantitative estimate of drug-likeness (QED) is 0.518. The van der Waals surface area contributed by atoms with Gasteiger partial charge < -0.3 is 10.1 Å². The van der Waals surface area contributed by atoms with Crippen LogP contribution in [0, 0.1) is 23.0 Å². The van der Waals surface area contributed by atoms with E-state index >= 15 is 0 Å². The summed E-state index contributed by atoms with van der Waals surface area (Å²) < 4.78 is 33.9. The first-order chi connectivity index (χ1) is 14.0. The van der Waals surface area contributed by atoms with E-state index in [9.17, 15) is 18.8 Å². The van der Waals surface area contributed by atoms with Gasteiger partial charge in [-0.05, 0) is 42.5 Å². The van der Waals surface area contributed by atoms with E-state index in [0.29, 0.717) is 27.3 Å². The molecular formula is C21H13F2N3O2S. The van der Waals surface area contributed by atoms with Gasteiger partial charge in [0.1, 0.15) is 33.2 Å². The van der Waals surface area contributed by atoms with Gasteiger partial charge in [-0.15, -0.1) is 11.3 Å². The molecule has 0 saturated carbocycles. The number of pyridine rings is 1. The minimum atomic E-state index is -0.781. The smallest absolute Gasteiger partial charge is 0.256 e. The topological polar surface area (TPSA) is 67.0 Å². The molecular weight excluding hydrogens is 396 g/mol. The summed E-state index contributed by atoms with van der Waals surface area (Å²) in [6.07, 6.45) is 0. The molecule has 4 aromatic rings. The Labute approximate surface area is 168 Å². The molecule has 0 aliphatic heterocycles. The third kappa shape index (κ3) is 3.32. The van der Waals surface area contributed by atoms with Crippen LogP contribution in [-0.2, 0) is 0 Å². The number of halogens is 2. The van der Waals surface area contributed by atoms with Crippen molar-refractivity contribution in [2.75, 3.05) is 12.4 Å². The van der Waals surface area contributed by atoms with Crippen molar-refractivity contribution in [1.82, 2.24) is 4.57 Å². The Kier molecular flexibility index (Phi) is 4.74. The summed E-state index contributed by atoms with van der Waals surface area (Å²) in [5.74, 6) is -0.833. The van der Waals surface area contributed by atoms with E-state index in [1.807, 2.05) is 0 Å². The van der Waals surface area contributed by atoms with E-state index in [1.54, 1.807) is 37.4 Å². The number of aromatic nitrogens is 1. The van der Waals surface area contributed by atoms with E-state index < -0.39 is 11.6 Å².